The summed E-state index contributed by atoms with van der Waals surface area (Å²) in [6.07, 6.45) is 7.31. The Morgan fingerprint density at radius 3 is 2.67 bits per heavy atom. The monoisotopic (exact) mass is 405 g/mol. The molecule has 0 unspecified atom stereocenters. The van der Waals surface area contributed by atoms with E-state index in [-0.39, 0.29) is 5.56 Å². The number of rotatable bonds is 5. The number of likely N-dealkylation sites (tertiary alicyclic amines) is 1. The molecule has 8 nitrogen and oxygen atoms in total. The molecule has 1 N–H and O–H groups in total. The first-order valence-corrected chi connectivity index (χ1v) is 10.4. The zero-order valence-corrected chi connectivity index (χ0v) is 17.0. The molecule has 1 fully saturated rings. The zero-order valence-electron chi connectivity index (χ0n) is 17.0. The van der Waals surface area contributed by atoms with Crippen LogP contribution in [-0.4, -0.2) is 51.3 Å². The van der Waals surface area contributed by atoms with Crippen LogP contribution in [0.15, 0.2) is 47.5 Å². The van der Waals surface area contributed by atoms with Crippen LogP contribution in [0.3, 0.4) is 0 Å². The maximum atomic E-state index is 13.0. The lowest BCUT2D eigenvalue weighted by Gasteiger charge is -2.26. The van der Waals surface area contributed by atoms with Gasteiger partial charge in [-0.1, -0.05) is 11.4 Å². The quantitative estimate of drug-likeness (QED) is 0.514. The van der Waals surface area contributed by atoms with Gasteiger partial charge in [0.15, 0.2) is 0 Å². The summed E-state index contributed by atoms with van der Waals surface area (Å²) in [6.45, 7) is 3.85. The van der Waals surface area contributed by atoms with Gasteiger partial charge in [-0.3, -0.25) is 4.79 Å². The predicted octanol–water partition coefficient (Wildman–Crippen LogP) is 2.02. The van der Waals surface area contributed by atoms with Gasteiger partial charge in [0.2, 0.25) is 5.82 Å². The van der Waals surface area contributed by atoms with Gasteiger partial charge in [0.25, 0.3) is 5.56 Å². The van der Waals surface area contributed by atoms with Crippen molar-refractivity contribution in [2.75, 3.05) is 26.7 Å². The van der Waals surface area contributed by atoms with Gasteiger partial charge < -0.3 is 14.2 Å². The molecule has 0 atom stereocenters. The van der Waals surface area contributed by atoms with Gasteiger partial charge in [-0.15, -0.1) is 4.52 Å². The molecule has 4 aromatic rings. The lowest BCUT2D eigenvalue weighted by Crippen LogP contribution is -2.35. The molecule has 0 saturated carbocycles. The summed E-state index contributed by atoms with van der Waals surface area (Å²) in [6, 6.07) is 9.61. The third-order valence-corrected chi connectivity index (χ3v) is 5.83. The number of hydrogen-bond donors (Lipinski definition) is 1. The first-order chi connectivity index (χ1) is 14.7. The molecule has 154 valence electrons. The maximum Gasteiger partial charge on any atom is 0.457 e. The van der Waals surface area contributed by atoms with Gasteiger partial charge in [0.05, 0.1) is 7.11 Å². The fourth-order valence-corrected chi connectivity index (χ4v) is 4.09. The summed E-state index contributed by atoms with van der Waals surface area (Å²) in [5.41, 5.74) is 1.67. The summed E-state index contributed by atoms with van der Waals surface area (Å²) < 4.78 is 8.77. The molecule has 1 aliphatic heterocycles. The van der Waals surface area contributed by atoms with E-state index < -0.39 is 0 Å². The second-order valence-electron chi connectivity index (χ2n) is 7.71. The number of benzene rings is 1. The number of H-pyrrole nitrogens is 1. The molecule has 0 amide bonds. The van der Waals surface area contributed by atoms with Crippen molar-refractivity contribution < 1.29 is 9.25 Å². The number of hydrogen-bond acceptors (Lipinski definition) is 5. The van der Waals surface area contributed by atoms with Crippen LogP contribution in [0.5, 0.6) is 5.75 Å². The average molecular weight is 405 g/mol. The minimum atomic E-state index is -0.0213. The smallest absolute Gasteiger partial charge is 0.457 e. The van der Waals surface area contributed by atoms with Crippen LogP contribution < -0.4 is 14.8 Å². The molecule has 0 bridgehead atoms. The van der Waals surface area contributed by atoms with Crippen molar-refractivity contribution in [1.29, 1.82) is 0 Å². The van der Waals surface area contributed by atoms with Crippen LogP contribution in [-0.2, 0) is 6.54 Å². The summed E-state index contributed by atoms with van der Waals surface area (Å²) in [5, 5.41) is 3.85. The lowest BCUT2D eigenvalue weighted by atomic mass is 10.1. The van der Waals surface area contributed by atoms with Gasteiger partial charge in [-0.05, 0) is 61.2 Å². The molecule has 0 radical (unpaired) electrons. The number of pyridine rings is 1. The van der Waals surface area contributed by atoms with Gasteiger partial charge in [0.1, 0.15) is 22.8 Å². The van der Waals surface area contributed by atoms with E-state index in [9.17, 15) is 4.79 Å². The Labute approximate surface area is 173 Å². The highest BCUT2D eigenvalue weighted by atomic mass is 16.5. The van der Waals surface area contributed by atoms with Gasteiger partial charge >= 0.3 is 5.78 Å². The Balaban J connectivity index is 1.47. The molecule has 1 aliphatic rings. The zero-order chi connectivity index (χ0) is 20.5. The number of fused-ring (bicyclic) bond motifs is 3. The van der Waals surface area contributed by atoms with E-state index in [0.717, 1.165) is 36.5 Å². The number of ether oxygens (including phenoxy) is 1. The largest absolute Gasteiger partial charge is 0.497 e. The summed E-state index contributed by atoms with van der Waals surface area (Å²) in [7, 11) is 1.64. The Morgan fingerprint density at radius 2 is 1.90 bits per heavy atom. The minimum Gasteiger partial charge on any atom is -0.497 e. The van der Waals surface area contributed by atoms with Crippen LogP contribution >= 0.6 is 0 Å². The molecule has 1 aromatic carbocycles. The molecule has 5 rings (SSSR count). The Morgan fingerprint density at radius 1 is 1.10 bits per heavy atom. The van der Waals surface area contributed by atoms with Crippen LogP contribution in [0, 0.1) is 0 Å². The number of aromatic amines is 1. The topological polar surface area (TPSA) is 80.1 Å². The Kier molecular flexibility index (Phi) is 4.92. The molecule has 0 aliphatic carbocycles. The van der Waals surface area contributed by atoms with Crippen LogP contribution in [0.2, 0.25) is 0 Å². The van der Waals surface area contributed by atoms with Crippen LogP contribution in [0.25, 0.3) is 28.1 Å². The van der Waals surface area contributed by atoms with Crippen molar-refractivity contribution in [2.24, 2.45) is 0 Å². The molecule has 8 heteroatoms. The van der Waals surface area contributed by atoms with Crippen molar-refractivity contribution >= 4 is 16.7 Å². The number of methoxy groups -OCH3 is 1. The summed E-state index contributed by atoms with van der Waals surface area (Å²) in [5.74, 6) is 2.00. The number of piperidine rings is 1. The number of nitrogens with one attached hydrogen (secondary N) is 1. The standard InChI is InChI=1S/C22H24N6O2/c1-30-17-7-5-16(6-8-17)20-24-22-23-15-18-19(28(22)25-20)9-12-27(21(18)29)14-13-26-10-3-2-4-11-26/h5-9,12,15H,2-4,10-11,13-14H2,1H3/p+1. The summed E-state index contributed by atoms with van der Waals surface area (Å²) in [4.78, 5) is 24.5. The second kappa shape index (κ2) is 7.87. The van der Waals surface area contributed by atoms with Gasteiger partial charge in [-0.25, -0.2) is 5.10 Å². The van der Waals surface area contributed by atoms with Crippen molar-refractivity contribution in [1.82, 2.24) is 24.5 Å². The van der Waals surface area contributed by atoms with E-state index in [1.165, 1.54) is 19.3 Å². The maximum absolute atomic E-state index is 13.0. The molecule has 30 heavy (non-hydrogen) atoms. The third-order valence-electron chi connectivity index (χ3n) is 5.83. The molecule has 4 heterocycles. The van der Waals surface area contributed by atoms with Crippen LogP contribution in [0.1, 0.15) is 19.3 Å². The fraction of sp³-hybridized carbons (Fsp3) is 0.364. The SMILES string of the molecule is COc1ccc(-c2nc3ncc4c(=O)n(CCN5CCCCC5)ccc4[n+]3[nH]2)cc1. The lowest BCUT2D eigenvalue weighted by molar-refractivity contribution is -0.550. The second-order valence-corrected chi connectivity index (χ2v) is 7.71. The number of nitrogens with zero attached hydrogens (tertiary/aromatic N) is 5. The predicted molar refractivity (Wildman–Crippen MR) is 114 cm³/mol. The molecule has 0 spiro atoms. The summed E-state index contributed by atoms with van der Waals surface area (Å²) >= 11 is 0. The van der Waals surface area contributed by atoms with E-state index in [0.29, 0.717) is 23.5 Å². The molecular formula is C22H25N6O2+. The highest BCUT2D eigenvalue weighted by molar-refractivity contribution is 5.74. The van der Waals surface area contributed by atoms with E-state index in [2.05, 4.69) is 20.0 Å². The van der Waals surface area contributed by atoms with E-state index in [1.54, 1.807) is 22.4 Å². The minimum absolute atomic E-state index is 0.0213. The van der Waals surface area contributed by atoms with Crippen molar-refractivity contribution in [3.8, 4) is 17.1 Å². The normalized spacial score (nSPS) is 15.1. The Bertz CT molecular complexity index is 1240. The Hall–Kier alpha value is -3.26. The highest BCUT2D eigenvalue weighted by Gasteiger charge is 2.19. The molecule has 1 saturated heterocycles. The van der Waals surface area contributed by atoms with E-state index >= 15 is 0 Å². The van der Waals surface area contributed by atoms with E-state index in [4.69, 9.17) is 4.74 Å². The fourth-order valence-electron chi connectivity index (χ4n) is 4.09. The van der Waals surface area contributed by atoms with Crippen molar-refractivity contribution in [3.63, 3.8) is 0 Å². The molecule has 3 aromatic heterocycles. The third kappa shape index (κ3) is 3.43. The van der Waals surface area contributed by atoms with E-state index in [1.807, 2.05) is 36.5 Å². The van der Waals surface area contributed by atoms with Gasteiger partial charge in [-0.2, -0.15) is 0 Å². The molecular weight excluding hydrogens is 380 g/mol. The first-order valence-electron chi connectivity index (χ1n) is 10.4. The highest BCUT2D eigenvalue weighted by Crippen LogP contribution is 2.19. The first kappa shape index (κ1) is 18.7. The number of aromatic nitrogens is 5. The van der Waals surface area contributed by atoms with Crippen molar-refractivity contribution in [2.45, 2.75) is 25.8 Å². The van der Waals surface area contributed by atoms with Crippen molar-refractivity contribution in [3.05, 3.63) is 53.1 Å². The van der Waals surface area contributed by atoms with Crippen LogP contribution in [0.4, 0.5) is 0 Å². The van der Waals surface area contributed by atoms with Gasteiger partial charge in [0, 0.05) is 24.8 Å². The average Bonchev–Trinajstić information content (AvgIpc) is 3.24.